The van der Waals surface area contributed by atoms with E-state index in [1.165, 1.54) is 12.1 Å². The van der Waals surface area contributed by atoms with Gasteiger partial charge in [-0.2, -0.15) is 0 Å². The summed E-state index contributed by atoms with van der Waals surface area (Å²) < 4.78 is 18.6. The van der Waals surface area contributed by atoms with Gasteiger partial charge in [-0.05, 0) is 61.7 Å². The second-order valence-corrected chi connectivity index (χ2v) is 5.58. The Morgan fingerprint density at radius 1 is 1.17 bits per heavy atom. The van der Waals surface area contributed by atoms with Crippen LogP contribution in [0.25, 0.3) is 0 Å². The molecule has 0 aliphatic heterocycles. The second-order valence-electron chi connectivity index (χ2n) is 5.58. The summed E-state index contributed by atoms with van der Waals surface area (Å²) in [6, 6.07) is 13.7. The van der Waals surface area contributed by atoms with E-state index in [0.29, 0.717) is 24.3 Å². The van der Waals surface area contributed by atoms with Gasteiger partial charge in [0, 0.05) is 12.5 Å². The van der Waals surface area contributed by atoms with Gasteiger partial charge < -0.3 is 10.1 Å². The molecule has 3 nitrogen and oxygen atoms in total. The molecule has 0 aliphatic rings. The summed E-state index contributed by atoms with van der Waals surface area (Å²) in [5.41, 5.74) is 1.03. The third-order valence-corrected chi connectivity index (χ3v) is 3.61. The van der Waals surface area contributed by atoms with Crippen molar-refractivity contribution in [3.8, 4) is 11.5 Å². The maximum absolute atomic E-state index is 12.9. The van der Waals surface area contributed by atoms with Gasteiger partial charge in [-0.1, -0.05) is 19.1 Å². The van der Waals surface area contributed by atoms with Crippen molar-refractivity contribution in [2.45, 2.75) is 39.2 Å². The fourth-order valence-electron chi connectivity index (χ4n) is 2.11. The molecule has 122 valence electrons. The van der Waals surface area contributed by atoms with Crippen LogP contribution in [0.3, 0.4) is 0 Å². The third kappa shape index (κ3) is 5.74. The van der Waals surface area contributed by atoms with Gasteiger partial charge in [0.15, 0.2) is 0 Å². The molecule has 0 fully saturated rings. The highest BCUT2D eigenvalue weighted by Gasteiger charge is 2.06. The van der Waals surface area contributed by atoms with E-state index >= 15 is 0 Å². The van der Waals surface area contributed by atoms with Crippen molar-refractivity contribution < 1.29 is 13.9 Å². The second kappa shape index (κ2) is 8.32. The summed E-state index contributed by atoms with van der Waals surface area (Å²) >= 11 is 0. The van der Waals surface area contributed by atoms with Crippen molar-refractivity contribution in [3.63, 3.8) is 0 Å². The summed E-state index contributed by atoms with van der Waals surface area (Å²) in [5, 5.41) is 2.95. The monoisotopic (exact) mass is 315 g/mol. The molecule has 0 heterocycles. The summed E-state index contributed by atoms with van der Waals surface area (Å²) in [5.74, 6) is 1.03. The summed E-state index contributed by atoms with van der Waals surface area (Å²) in [6.45, 7) is 4.04. The molecule has 0 aliphatic carbocycles. The molecule has 4 heteroatoms. The zero-order valence-electron chi connectivity index (χ0n) is 13.5. The van der Waals surface area contributed by atoms with Gasteiger partial charge in [0.2, 0.25) is 5.91 Å². The average Bonchev–Trinajstić information content (AvgIpc) is 2.55. The van der Waals surface area contributed by atoms with Gasteiger partial charge in [-0.3, -0.25) is 4.79 Å². The van der Waals surface area contributed by atoms with E-state index in [1.807, 2.05) is 38.1 Å². The largest absolute Gasteiger partial charge is 0.457 e. The van der Waals surface area contributed by atoms with E-state index in [-0.39, 0.29) is 17.8 Å². The summed E-state index contributed by atoms with van der Waals surface area (Å²) in [4.78, 5) is 11.8. The number of ether oxygens (including phenoxy) is 1. The number of amides is 1. The number of hydrogen-bond acceptors (Lipinski definition) is 2. The van der Waals surface area contributed by atoms with E-state index in [2.05, 4.69) is 5.32 Å². The van der Waals surface area contributed by atoms with Crippen LogP contribution in [-0.4, -0.2) is 11.9 Å². The van der Waals surface area contributed by atoms with Crippen LogP contribution in [0.5, 0.6) is 11.5 Å². The molecule has 2 aromatic carbocycles. The molecule has 0 bridgehead atoms. The topological polar surface area (TPSA) is 38.3 Å². The van der Waals surface area contributed by atoms with Crippen molar-refractivity contribution >= 4 is 5.91 Å². The van der Waals surface area contributed by atoms with Crippen LogP contribution in [0.15, 0.2) is 48.5 Å². The zero-order chi connectivity index (χ0) is 16.7. The first-order valence-electron chi connectivity index (χ1n) is 7.88. The minimum atomic E-state index is -0.293. The molecule has 1 amide bonds. The molecular formula is C19H22FNO2. The van der Waals surface area contributed by atoms with Crippen molar-refractivity contribution in [2.75, 3.05) is 0 Å². The number of halogens is 1. The Balaban J connectivity index is 1.91. The molecular weight excluding hydrogens is 293 g/mol. The van der Waals surface area contributed by atoms with Crippen LogP contribution in [0.1, 0.15) is 32.3 Å². The van der Waals surface area contributed by atoms with Crippen molar-refractivity contribution in [3.05, 3.63) is 59.9 Å². The van der Waals surface area contributed by atoms with Crippen molar-refractivity contribution in [2.24, 2.45) is 0 Å². The zero-order valence-corrected chi connectivity index (χ0v) is 13.5. The highest BCUT2D eigenvalue weighted by atomic mass is 19.1. The lowest BCUT2D eigenvalue weighted by molar-refractivity contribution is -0.121. The van der Waals surface area contributed by atoms with E-state index in [0.717, 1.165) is 12.0 Å². The van der Waals surface area contributed by atoms with Crippen LogP contribution in [-0.2, 0) is 11.2 Å². The highest BCUT2D eigenvalue weighted by Crippen LogP contribution is 2.22. The van der Waals surface area contributed by atoms with Gasteiger partial charge in [-0.25, -0.2) is 4.39 Å². The summed E-state index contributed by atoms with van der Waals surface area (Å²) in [7, 11) is 0. The Hall–Kier alpha value is -2.36. The Labute approximate surface area is 136 Å². The number of nitrogens with one attached hydrogen (secondary N) is 1. The minimum Gasteiger partial charge on any atom is -0.457 e. The lowest BCUT2D eigenvalue weighted by Crippen LogP contribution is -2.31. The molecule has 23 heavy (non-hydrogen) atoms. The normalized spacial score (nSPS) is 11.8. The molecule has 0 spiro atoms. The lowest BCUT2D eigenvalue weighted by atomic mass is 10.1. The van der Waals surface area contributed by atoms with E-state index in [9.17, 15) is 9.18 Å². The Kier molecular flexibility index (Phi) is 6.15. The number of hydrogen-bond donors (Lipinski definition) is 1. The molecule has 0 radical (unpaired) electrons. The van der Waals surface area contributed by atoms with Gasteiger partial charge in [0.1, 0.15) is 17.3 Å². The first-order valence-corrected chi connectivity index (χ1v) is 7.88. The van der Waals surface area contributed by atoms with Crippen LogP contribution < -0.4 is 10.1 Å². The van der Waals surface area contributed by atoms with Crippen molar-refractivity contribution in [1.29, 1.82) is 0 Å². The standard InChI is InChI=1S/C19H22FNO2/c1-3-14(2)21-19(22)12-7-15-5-4-6-18(13-15)23-17-10-8-16(20)9-11-17/h4-6,8-11,13-14H,3,7,12H2,1-2H3,(H,21,22). The van der Waals surface area contributed by atoms with E-state index < -0.39 is 0 Å². The number of benzene rings is 2. The van der Waals surface area contributed by atoms with Crippen LogP contribution >= 0.6 is 0 Å². The predicted octanol–water partition coefficient (Wildman–Crippen LogP) is 4.47. The molecule has 1 N–H and O–H groups in total. The minimum absolute atomic E-state index is 0.0595. The number of rotatable bonds is 7. The molecule has 2 rings (SSSR count). The average molecular weight is 315 g/mol. The van der Waals surface area contributed by atoms with E-state index in [1.54, 1.807) is 12.1 Å². The predicted molar refractivity (Wildman–Crippen MR) is 89.1 cm³/mol. The summed E-state index contributed by atoms with van der Waals surface area (Å²) in [6.07, 6.45) is 2.03. The van der Waals surface area contributed by atoms with Crippen LogP contribution in [0, 0.1) is 5.82 Å². The molecule has 0 saturated carbocycles. The maximum atomic E-state index is 12.9. The quantitative estimate of drug-likeness (QED) is 0.819. The third-order valence-electron chi connectivity index (χ3n) is 3.61. The Bertz CT molecular complexity index is 640. The first kappa shape index (κ1) is 17.0. The van der Waals surface area contributed by atoms with Crippen LogP contribution in [0.4, 0.5) is 4.39 Å². The Morgan fingerprint density at radius 3 is 2.61 bits per heavy atom. The highest BCUT2D eigenvalue weighted by molar-refractivity contribution is 5.76. The molecule has 0 aromatic heterocycles. The van der Waals surface area contributed by atoms with Crippen molar-refractivity contribution in [1.82, 2.24) is 5.32 Å². The van der Waals surface area contributed by atoms with Gasteiger partial charge in [0.05, 0.1) is 0 Å². The molecule has 1 unspecified atom stereocenters. The van der Waals surface area contributed by atoms with Crippen LogP contribution in [0.2, 0.25) is 0 Å². The smallest absolute Gasteiger partial charge is 0.220 e. The van der Waals surface area contributed by atoms with Gasteiger partial charge in [-0.15, -0.1) is 0 Å². The van der Waals surface area contributed by atoms with Gasteiger partial charge >= 0.3 is 0 Å². The first-order chi connectivity index (χ1) is 11.1. The number of carbonyl (C=O) groups is 1. The molecule has 2 aromatic rings. The Morgan fingerprint density at radius 2 is 1.91 bits per heavy atom. The number of aryl methyl sites for hydroxylation is 1. The lowest BCUT2D eigenvalue weighted by Gasteiger charge is -2.11. The number of carbonyl (C=O) groups excluding carboxylic acids is 1. The molecule has 0 saturated heterocycles. The SMILES string of the molecule is CCC(C)NC(=O)CCc1cccc(Oc2ccc(F)cc2)c1. The molecule has 1 atom stereocenters. The fraction of sp³-hybridized carbons (Fsp3) is 0.316. The fourth-order valence-corrected chi connectivity index (χ4v) is 2.11. The maximum Gasteiger partial charge on any atom is 0.220 e. The van der Waals surface area contributed by atoms with E-state index in [4.69, 9.17) is 4.74 Å². The van der Waals surface area contributed by atoms with Gasteiger partial charge in [0.25, 0.3) is 0 Å².